The van der Waals surface area contributed by atoms with Crippen molar-refractivity contribution < 1.29 is 9.53 Å². The van der Waals surface area contributed by atoms with Crippen LogP contribution in [0.1, 0.15) is 56.3 Å². The average molecular weight is 275 g/mol. The second-order valence-corrected chi connectivity index (χ2v) is 6.06. The van der Waals surface area contributed by atoms with Crippen molar-refractivity contribution in [1.82, 2.24) is 5.32 Å². The number of hydrogen-bond donors (Lipinski definition) is 1. The molecule has 1 aromatic rings. The van der Waals surface area contributed by atoms with Crippen molar-refractivity contribution in [2.75, 3.05) is 7.11 Å². The van der Waals surface area contributed by atoms with Crippen molar-refractivity contribution in [2.45, 2.75) is 51.5 Å². The van der Waals surface area contributed by atoms with Crippen LogP contribution < -0.4 is 10.1 Å². The molecule has 0 atom stereocenters. The van der Waals surface area contributed by atoms with Crippen LogP contribution in [0.15, 0.2) is 24.3 Å². The Morgan fingerprint density at radius 1 is 1.25 bits per heavy atom. The molecule has 0 spiro atoms. The van der Waals surface area contributed by atoms with Gasteiger partial charge < -0.3 is 10.1 Å². The van der Waals surface area contributed by atoms with Gasteiger partial charge >= 0.3 is 0 Å². The Labute approximate surface area is 121 Å². The molecule has 1 aliphatic carbocycles. The van der Waals surface area contributed by atoms with Gasteiger partial charge in [-0.15, -0.1) is 0 Å². The molecule has 1 aromatic carbocycles. The molecule has 0 radical (unpaired) electrons. The van der Waals surface area contributed by atoms with E-state index in [4.69, 9.17) is 4.74 Å². The first kappa shape index (κ1) is 14.9. The fourth-order valence-corrected chi connectivity index (χ4v) is 3.09. The maximum Gasteiger partial charge on any atom is 0.251 e. The van der Waals surface area contributed by atoms with E-state index in [0.29, 0.717) is 11.5 Å². The number of hydrogen-bond acceptors (Lipinski definition) is 2. The highest BCUT2D eigenvalue weighted by atomic mass is 16.5. The molecule has 0 aliphatic heterocycles. The second-order valence-electron chi connectivity index (χ2n) is 6.06. The highest BCUT2D eigenvalue weighted by Gasteiger charge is 2.36. The molecule has 0 saturated heterocycles. The topological polar surface area (TPSA) is 38.3 Å². The van der Waals surface area contributed by atoms with Crippen LogP contribution in [0.3, 0.4) is 0 Å². The zero-order valence-electron chi connectivity index (χ0n) is 12.7. The Kier molecular flexibility index (Phi) is 4.69. The molecule has 1 aliphatic rings. The first-order chi connectivity index (χ1) is 9.57. The van der Waals surface area contributed by atoms with Gasteiger partial charge in [-0.2, -0.15) is 0 Å². The summed E-state index contributed by atoms with van der Waals surface area (Å²) >= 11 is 0. The van der Waals surface area contributed by atoms with Crippen LogP contribution in [0.4, 0.5) is 0 Å². The lowest BCUT2D eigenvalue weighted by Gasteiger charge is -2.41. The number of nitrogens with one attached hydrogen (secondary N) is 1. The van der Waals surface area contributed by atoms with Crippen molar-refractivity contribution in [3.63, 3.8) is 0 Å². The monoisotopic (exact) mass is 275 g/mol. The minimum Gasteiger partial charge on any atom is -0.497 e. The third kappa shape index (κ3) is 3.14. The highest BCUT2D eigenvalue weighted by Crippen LogP contribution is 2.34. The molecule has 3 nitrogen and oxygen atoms in total. The Bertz CT molecular complexity index is 462. The molecule has 1 saturated carbocycles. The van der Waals surface area contributed by atoms with Crippen molar-refractivity contribution in [3.05, 3.63) is 29.8 Å². The van der Waals surface area contributed by atoms with Crippen molar-refractivity contribution >= 4 is 5.91 Å². The average Bonchev–Trinajstić information content (AvgIpc) is 2.48. The lowest BCUT2D eigenvalue weighted by Crippen LogP contribution is -2.53. The second kappa shape index (κ2) is 6.29. The summed E-state index contributed by atoms with van der Waals surface area (Å²) in [6.07, 6.45) is 5.86. The molecular weight excluding hydrogens is 250 g/mol. The number of carbonyl (C=O) groups is 1. The van der Waals surface area contributed by atoms with Gasteiger partial charge in [-0.3, -0.25) is 4.79 Å². The molecule has 0 aromatic heterocycles. The fraction of sp³-hybridized carbons (Fsp3) is 0.588. The van der Waals surface area contributed by atoms with Crippen LogP contribution in [0.25, 0.3) is 0 Å². The van der Waals surface area contributed by atoms with Crippen molar-refractivity contribution in [2.24, 2.45) is 5.92 Å². The standard InChI is InChI=1S/C17H25NO2/c1-13(2)17(10-5-4-6-11-17)18-16(19)14-8-7-9-15(12-14)20-3/h7-9,12-13H,4-6,10-11H2,1-3H3,(H,18,19). The molecule has 2 rings (SSSR count). The number of ether oxygens (including phenoxy) is 1. The Hall–Kier alpha value is -1.51. The molecule has 1 fully saturated rings. The van der Waals surface area contributed by atoms with Gasteiger partial charge in [0.1, 0.15) is 5.75 Å². The van der Waals surface area contributed by atoms with Gasteiger partial charge in [0.15, 0.2) is 0 Å². The molecule has 1 amide bonds. The fourth-order valence-electron chi connectivity index (χ4n) is 3.09. The third-order valence-corrected chi connectivity index (χ3v) is 4.55. The lowest BCUT2D eigenvalue weighted by molar-refractivity contribution is 0.0811. The number of carbonyl (C=O) groups excluding carboxylic acids is 1. The summed E-state index contributed by atoms with van der Waals surface area (Å²) < 4.78 is 5.19. The van der Waals surface area contributed by atoms with Gasteiger partial charge in [-0.05, 0) is 37.0 Å². The number of amides is 1. The molecule has 3 heteroatoms. The quantitative estimate of drug-likeness (QED) is 0.908. The Morgan fingerprint density at radius 3 is 2.55 bits per heavy atom. The largest absolute Gasteiger partial charge is 0.497 e. The highest BCUT2D eigenvalue weighted by molar-refractivity contribution is 5.95. The van der Waals surface area contributed by atoms with Crippen molar-refractivity contribution in [1.29, 1.82) is 0 Å². The Balaban J connectivity index is 2.15. The maximum atomic E-state index is 12.5. The van der Waals surface area contributed by atoms with Gasteiger partial charge in [-0.25, -0.2) is 0 Å². The Morgan fingerprint density at radius 2 is 1.95 bits per heavy atom. The van der Waals surface area contributed by atoms with Gasteiger partial charge in [0, 0.05) is 11.1 Å². The molecule has 1 N–H and O–H groups in total. The van der Waals surface area contributed by atoms with E-state index < -0.39 is 0 Å². The predicted molar refractivity (Wildman–Crippen MR) is 81.1 cm³/mol. The normalized spacial score (nSPS) is 17.8. The van der Waals surface area contributed by atoms with Gasteiger partial charge in [0.25, 0.3) is 5.91 Å². The zero-order valence-corrected chi connectivity index (χ0v) is 12.7. The predicted octanol–water partition coefficient (Wildman–Crippen LogP) is 3.78. The number of methoxy groups -OCH3 is 1. The van der Waals surface area contributed by atoms with E-state index >= 15 is 0 Å². The van der Waals surface area contributed by atoms with Crippen LogP contribution in [0.2, 0.25) is 0 Å². The van der Waals surface area contributed by atoms with E-state index in [-0.39, 0.29) is 11.4 Å². The maximum absolute atomic E-state index is 12.5. The van der Waals surface area contributed by atoms with E-state index in [0.717, 1.165) is 18.6 Å². The first-order valence-electron chi connectivity index (χ1n) is 7.54. The van der Waals surface area contributed by atoms with Gasteiger partial charge in [0.2, 0.25) is 0 Å². The van der Waals surface area contributed by atoms with Crippen LogP contribution >= 0.6 is 0 Å². The molecule has 20 heavy (non-hydrogen) atoms. The molecule has 0 bridgehead atoms. The summed E-state index contributed by atoms with van der Waals surface area (Å²) in [6, 6.07) is 7.35. The van der Waals surface area contributed by atoms with E-state index in [1.54, 1.807) is 13.2 Å². The smallest absolute Gasteiger partial charge is 0.251 e. The summed E-state index contributed by atoms with van der Waals surface area (Å²) in [4.78, 5) is 12.5. The first-order valence-corrected chi connectivity index (χ1v) is 7.54. The van der Waals surface area contributed by atoms with E-state index in [9.17, 15) is 4.79 Å². The molecule has 0 heterocycles. The summed E-state index contributed by atoms with van der Waals surface area (Å²) in [5.74, 6) is 1.19. The van der Waals surface area contributed by atoms with Crippen molar-refractivity contribution in [3.8, 4) is 5.75 Å². The SMILES string of the molecule is COc1cccc(C(=O)NC2(C(C)C)CCCCC2)c1. The van der Waals surface area contributed by atoms with E-state index in [2.05, 4.69) is 19.2 Å². The van der Waals surface area contributed by atoms with Crippen LogP contribution in [-0.4, -0.2) is 18.6 Å². The minimum atomic E-state index is -0.0432. The van der Waals surface area contributed by atoms with Gasteiger partial charge in [0.05, 0.1) is 7.11 Å². The van der Waals surface area contributed by atoms with E-state index in [1.165, 1.54) is 19.3 Å². The summed E-state index contributed by atoms with van der Waals surface area (Å²) in [6.45, 7) is 4.41. The van der Waals surface area contributed by atoms with Gasteiger partial charge in [-0.1, -0.05) is 39.2 Å². The number of rotatable bonds is 4. The number of benzene rings is 1. The minimum absolute atomic E-state index is 0.0134. The zero-order chi connectivity index (χ0) is 14.6. The van der Waals surface area contributed by atoms with Crippen LogP contribution in [0, 0.1) is 5.92 Å². The van der Waals surface area contributed by atoms with Crippen LogP contribution in [-0.2, 0) is 0 Å². The summed E-state index contributed by atoms with van der Waals surface area (Å²) in [5, 5.41) is 3.30. The lowest BCUT2D eigenvalue weighted by atomic mass is 9.74. The third-order valence-electron chi connectivity index (χ3n) is 4.55. The molecular formula is C17H25NO2. The van der Waals surface area contributed by atoms with E-state index in [1.807, 2.05) is 18.2 Å². The van der Waals surface area contributed by atoms with Crippen LogP contribution in [0.5, 0.6) is 5.75 Å². The molecule has 110 valence electrons. The summed E-state index contributed by atoms with van der Waals surface area (Å²) in [7, 11) is 1.62. The molecule has 0 unspecified atom stereocenters. The summed E-state index contributed by atoms with van der Waals surface area (Å²) in [5.41, 5.74) is 0.633.